The van der Waals surface area contributed by atoms with Gasteiger partial charge in [-0.3, -0.25) is 18.9 Å². The molecule has 0 spiro atoms. The zero-order valence-corrected chi connectivity index (χ0v) is 26.5. The van der Waals surface area contributed by atoms with Crippen molar-refractivity contribution in [3.05, 3.63) is 0 Å². The van der Waals surface area contributed by atoms with Gasteiger partial charge in [-0.05, 0) is 6.42 Å². The number of unbranched alkanes of at least 4 members (excludes halogenated alkanes) is 15. The molecule has 1 radical (unpaired) electrons. The minimum atomic E-state index is -5.17. The Labute approximate surface area is 255 Å². The molecule has 0 aliphatic carbocycles. The van der Waals surface area contributed by atoms with Crippen LogP contribution in [0.1, 0.15) is 122 Å². The fourth-order valence-corrected chi connectivity index (χ4v) is 5.15. The topological polar surface area (TPSA) is 187 Å². The Morgan fingerprint density at radius 3 is 1.31 bits per heavy atom. The summed E-state index contributed by atoms with van der Waals surface area (Å²) in [4.78, 5) is 47.2. The smallest absolute Gasteiger partial charge is 0.327 e. The SMILES string of the molecule is CCCCCCCCCCCCCCCCCCN(C(=O)C(CC(=O)O)S(=O)(=O)O)[C@@H](CC(=O)O)C(=O)O.[Na]. The summed E-state index contributed by atoms with van der Waals surface area (Å²) in [6, 6.07) is -1.89. The van der Waals surface area contributed by atoms with Crippen molar-refractivity contribution in [2.45, 2.75) is 134 Å². The summed E-state index contributed by atoms with van der Waals surface area (Å²) in [5.41, 5.74) is 0. The summed E-state index contributed by atoms with van der Waals surface area (Å²) in [5.74, 6) is -6.32. The minimum Gasteiger partial charge on any atom is -0.481 e. The van der Waals surface area contributed by atoms with Gasteiger partial charge in [-0.1, -0.05) is 103 Å². The van der Waals surface area contributed by atoms with Gasteiger partial charge < -0.3 is 20.2 Å². The average molecular weight is 589 g/mol. The van der Waals surface area contributed by atoms with Crippen LogP contribution in [-0.2, 0) is 29.3 Å². The molecule has 13 heteroatoms. The summed E-state index contributed by atoms with van der Waals surface area (Å²) < 4.78 is 32.6. The maximum atomic E-state index is 12.8. The van der Waals surface area contributed by atoms with Crippen LogP contribution in [0, 0.1) is 0 Å². The Kier molecular flexibility index (Phi) is 24.1. The van der Waals surface area contributed by atoms with Crippen LogP contribution in [0.2, 0.25) is 0 Å². The van der Waals surface area contributed by atoms with Crippen molar-refractivity contribution in [1.29, 1.82) is 0 Å². The van der Waals surface area contributed by atoms with Crippen molar-refractivity contribution in [3.8, 4) is 0 Å². The molecule has 4 N–H and O–H groups in total. The van der Waals surface area contributed by atoms with E-state index in [0.29, 0.717) is 11.3 Å². The van der Waals surface area contributed by atoms with Gasteiger partial charge in [0.2, 0.25) is 5.91 Å². The molecule has 0 saturated heterocycles. The van der Waals surface area contributed by atoms with Gasteiger partial charge in [0, 0.05) is 36.1 Å². The van der Waals surface area contributed by atoms with Crippen molar-refractivity contribution in [2.75, 3.05) is 6.54 Å². The maximum Gasteiger partial charge on any atom is 0.327 e. The van der Waals surface area contributed by atoms with Crippen molar-refractivity contribution >= 4 is 63.5 Å². The zero-order chi connectivity index (χ0) is 29.0. The molecule has 0 saturated carbocycles. The molecule has 1 unspecified atom stereocenters. The maximum absolute atomic E-state index is 12.8. The second kappa shape index (κ2) is 23.5. The van der Waals surface area contributed by atoms with Crippen LogP contribution in [0.25, 0.3) is 0 Å². The van der Waals surface area contributed by atoms with Gasteiger partial charge in [0.15, 0.2) is 5.25 Å². The van der Waals surface area contributed by atoms with Gasteiger partial charge in [0.1, 0.15) is 6.04 Å². The van der Waals surface area contributed by atoms with E-state index >= 15 is 0 Å². The normalized spacial score (nSPS) is 12.8. The molecular weight excluding hydrogens is 541 g/mol. The molecule has 0 aromatic carbocycles. The largest absolute Gasteiger partial charge is 0.481 e. The first-order valence-electron chi connectivity index (χ1n) is 13.8. The number of carboxylic acids is 3. The summed E-state index contributed by atoms with van der Waals surface area (Å²) >= 11 is 0. The Bertz CT molecular complexity index is 822. The Morgan fingerprint density at radius 1 is 0.641 bits per heavy atom. The van der Waals surface area contributed by atoms with Gasteiger partial charge in [0.05, 0.1) is 12.8 Å². The van der Waals surface area contributed by atoms with Crippen molar-refractivity contribution in [3.63, 3.8) is 0 Å². The summed E-state index contributed by atoms with van der Waals surface area (Å²) in [7, 11) is -5.17. The van der Waals surface area contributed by atoms with E-state index in [1.165, 1.54) is 64.2 Å². The van der Waals surface area contributed by atoms with E-state index in [1.807, 2.05) is 0 Å². The second-order valence-electron chi connectivity index (χ2n) is 9.89. The number of carboxylic acid groups (broad SMARTS) is 3. The molecule has 0 aromatic rings. The fourth-order valence-electron chi connectivity index (χ4n) is 4.41. The number of amides is 1. The third-order valence-electron chi connectivity index (χ3n) is 6.56. The van der Waals surface area contributed by atoms with Crippen LogP contribution in [0.5, 0.6) is 0 Å². The Morgan fingerprint density at radius 2 is 1.00 bits per heavy atom. The molecular formula is C26H47NNaO10S. The predicted octanol–water partition coefficient (Wildman–Crippen LogP) is 4.35. The van der Waals surface area contributed by atoms with E-state index in [2.05, 4.69) is 6.92 Å². The number of carbonyl (C=O) groups is 4. The summed E-state index contributed by atoms with van der Waals surface area (Å²) in [6.07, 6.45) is 15.3. The van der Waals surface area contributed by atoms with E-state index in [4.69, 9.17) is 10.2 Å². The quantitative estimate of drug-likeness (QED) is 0.0678. The number of aliphatic carboxylic acids is 3. The minimum absolute atomic E-state index is 0. The molecule has 223 valence electrons. The first-order chi connectivity index (χ1) is 17.9. The monoisotopic (exact) mass is 588 g/mol. The zero-order valence-electron chi connectivity index (χ0n) is 23.7. The van der Waals surface area contributed by atoms with Crippen LogP contribution < -0.4 is 0 Å². The van der Waals surface area contributed by atoms with E-state index < -0.39 is 58.1 Å². The number of carbonyl (C=O) groups excluding carboxylic acids is 1. The Balaban J connectivity index is 0. The fraction of sp³-hybridized carbons (Fsp3) is 0.846. The molecule has 0 fully saturated rings. The van der Waals surface area contributed by atoms with Crippen LogP contribution >= 0.6 is 0 Å². The number of hydrogen-bond donors (Lipinski definition) is 4. The molecule has 1 amide bonds. The van der Waals surface area contributed by atoms with Crippen molar-refractivity contribution < 1.29 is 47.5 Å². The van der Waals surface area contributed by atoms with Gasteiger partial charge >= 0.3 is 17.9 Å². The summed E-state index contributed by atoms with van der Waals surface area (Å²) in [5, 5.41) is 25.0. The molecule has 2 atom stereocenters. The second-order valence-corrected chi connectivity index (χ2v) is 11.5. The first-order valence-corrected chi connectivity index (χ1v) is 15.3. The molecule has 0 aliphatic heterocycles. The van der Waals surface area contributed by atoms with Crippen LogP contribution in [0.4, 0.5) is 0 Å². The number of nitrogens with zero attached hydrogens (tertiary/aromatic N) is 1. The molecule has 0 heterocycles. The molecule has 11 nitrogen and oxygen atoms in total. The standard InChI is InChI=1S/C26H47NO10S.Na/c1-2-3-4-5-6-7-8-9-10-11-12-13-14-15-16-17-18-27(21(26(33)34)19-23(28)29)25(32)22(20-24(30)31)38(35,36)37;/h21-22H,2-20H2,1H3,(H,28,29)(H,30,31)(H,33,34)(H,35,36,37);/t21-,22?;/m0./s1. The van der Waals surface area contributed by atoms with E-state index in [-0.39, 0.29) is 42.5 Å². The van der Waals surface area contributed by atoms with Gasteiger partial charge in [-0.2, -0.15) is 8.42 Å². The van der Waals surface area contributed by atoms with Crippen molar-refractivity contribution in [1.82, 2.24) is 4.90 Å². The molecule has 0 bridgehead atoms. The average Bonchev–Trinajstić information content (AvgIpc) is 2.82. The number of hydrogen-bond acceptors (Lipinski definition) is 6. The van der Waals surface area contributed by atoms with Crippen LogP contribution in [0.15, 0.2) is 0 Å². The Hall–Kier alpha value is -1.21. The van der Waals surface area contributed by atoms with Gasteiger partial charge in [-0.15, -0.1) is 0 Å². The van der Waals surface area contributed by atoms with Gasteiger partial charge in [0.25, 0.3) is 10.1 Å². The third kappa shape index (κ3) is 20.3. The molecule has 0 aliphatic rings. The van der Waals surface area contributed by atoms with Crippen LogP contribution in [-0.4, -0.2) is 104 Å². The predicted molar refractivity (Wildman–Crippen MR) is 148 cm³/mol. The molecule has 39 heavy (non-hydrogen) atoms. The van der Waals surface area contributed by atoms with Crippen molar-refractivity contribution in [2.24, 2.45) is 0 Å². The number of rotatable bonds is 25. The third-order valence-corrected chi connectivity index (χ3v) is 7.65. The molecule has 0 aromatic heterocycles. The van der Waals surface area contributed by atoms with E-state index in [1.54, 1.807) is 0 Å². The molecule has 0 rings (SSSR count). The summed E-state index contributed by atoms with van der Waals surface area (Å²) in [6.45, 7) is 1.95. The van der Waals surface area contributed by atoms with Gasteiger partial charge in [-0.25, -0.2) is 4.79 Å². The first kappa shape index (κ1) is 39.9. The van der Waals surface area contributed by atoms with E-state index in [0.717, 1.165) is 25.7 Å². The van der Waals surface area contributed by atoms with Crippen LogP contribution in [0.3, 0.4) is 0 Å². The van der Waals surface area contributed by atoms with E-state index in [9.17, 15) is 37.3 Å².